The number of carbonyl (C=O) groups is 1. The van der Waals surface area contributed by atoms with Gasteiger partial charge < -0.3 is 9.84 Å². The molecule has 0 aliphatic rings. The lowest BCUT2D eigenvalue weighted by Crippen LogP contribution is -2.15. The summed E-state index contributed by atoms with van der Waals surface area (Å²) in [5.74, 6) is -0.479. The van der Waals surface area contributed by atoms with E-state index in [1.165, 1.54) is 11.8 Å². The topological polar surface area (TPSA) is 46.5 Å². The van der Waals surface area contributed by atoms with Crippen molar-refractivity contribution in [3.8, 4) is 0 Å². The van der Waals surface area contributed by atoms with Gasteiger partial charge in [-0.25, -0.2) is 4.79 Å². The number of benzene rings is 1. The number of aliphatic hydroxyl groups is 1. The van der Waals surface area contributed by atoms with E-state index in [1.54, 1.807) is 6.92 Å². The predicted molar refractivity (Wildman–Crippen MR) is 64.1 cm³/mol. The molecule has 0 spiro atoms. The molecule has 0 amide bonds. The highest BCUT2D eigenvalue weighted by molar-refractivity contribution is 7.99. The molecule has 1 rings (SSSR count). The smallest absolute Gasteiger partial charge is 0.333 e. The molecule has 1 N–H and O–H groups in total. The molecule has 0 fully saturated rings. The number of carbonyl (C=O) groups excluding carboxylic acids is 1. The number of rotatable bonds is 5. The second-order valence-electron chi connectivity index (χ2n) is 3.26. The Balaban J connectivity index is 2.34. The summed E-state index contributed by atoms with van der Waals surface area (Å²) >= 11 is 1.25. The van der Waals surface area contributed by atoms with Gasteiger partial charge in [0.1, 0.15) is 12.0 Å². The van der Waals surface area contributed by atoms with Crippen LogP contribution in [0.25, 0.3) is 0 Å². The van der Waals surface area contributed by atoms with Crippen molar-refractivity contribution in [1.29, 1.82) is 0 Å². The van der Waals surface area contributed by atoms with Gasteiger partial charge in [0.05, 0.1) is 0 Å². The number of esters is 1. The maximum absolute atomic E-state index is 11.1. The quantitative estimate of drug-likeness (QED) is 0.370. The molecular formula is C12H14O3S. The van der Waals surface area contributed by atoms with Crippen LogP contribution in [0.5, 0.6) is 0 Å². The Morgan fingerprint density at radius 3 is 2.69 bits per heavy atom. The average Bonchev–Trinajstić information content (AvgIpc) is 2.27. The molecule has 1 unspecified atom stereocenters. The third-order valence-corrected chi connectivity index (χ3v) is 2.67. The highest BCUT2D eigenvalue weighted by Gasteiger charge is 2.10. The van der Waals surface area contributed by atoms with E-state index < -0.39 is 11.4 Å². The average molecular weight is 238 g/mol. The second kappa shape index (κ2) is 6.35. The molecule has 0 saturated carbocycles. The van der Waals surface area contributed by atoms with Crippen LogP contribution in [0.4, 0.5) is 0 Å². The molecule has 0 aliphatic heterocycles. The summed E-state index contributed by atoms with van der Waals surface area (Å²) in [7, 11) is 0. The van der Waals surface area contributed by atoms with Crippen molar-refractivity contribution in [1.82, 2.24) is 0 Å². The minimum Gasteiger partial charge on any atom is -0.459 e. The molecule has 3 nitrogen and oxygen atoms in total. The van der Waals surface area contributed by atoms with Crippen LogP contribution in [-0.4, -0.2) is 23.1 Å². The zero-order chi connectivity index (χ0) is 12.0. The van der Waals surface area contributed by atoms with Gasteiger partial charge in [-0.3, -0.25) is 0 Å². The van der Waals surface area contributed by atoms with Crippen molar-refractivity contribution in [3.05, 3.63) is 42.5 Å². The zero-order valence-electron chi connectivity index (χ0n) is 9.05. The highest BCUT2D eigenvalue weighted by atomic mass is 32.2. The molecule has 0 bridgehead atoms. The molecule has 0 radical (unpaired) electrons. The van der Waals surface area contributed by atoms with Crippen LogP contribution in [0.2, 0.25) is 0 Å². The third-order valence-electron chi connectivity index (χ3n) is 1.72. The van der Waals surface area contributed by atoms with Crippen molar-refractivity contribution >= 4 is 17.7 Å². The minimum absolute atomic E-state index is 0.0365. The summed E-state index contributed by atoms with van der Waals surface area (Å²) in [6, 6.07) is 9.43. The van der Waals surface area contributed by atoms with E-state index in [-0.39, 0.29) is 6.61 Å². The van der Waals surface area contributed by atoms with E-state index in [9.17, 15) is 9.90 Å². The first-order chi connectivity index (χ1) is 7.59. The van der Waals surface area contributed by atoms with E-state index in [0.717, 1.165) is 4.90 Å². The Bertz CT molecular complexity index is 362. The molecular weight excluding hydrogens is 224 g/mol. The van der Waals surface area contributed by atoms with Gasteiger partial charge in [0.2, 0.25) is 0 Å². The van der Waals surface area contributed by atoms with Crippen molar-refractivity contribution in [2.24, 2.45) is 0 Å². The standard InChI is InChI=1S/C12H14O3S/c1-9(2)12(14)15-8-11(13)16-10-6-4-3-5-7-10/h3-7,11,13H,1,8H2,2H3. The molecule has 1 aromatic rings. The van der Waals surface area contributed by atoms with Crippen LogP contribution >= 0.6 is 11.8 Å². The monoisotopic (exact) mass is 238 g/mol. The summed E-state index contributed by atoms with van der Waals surface area (Å²) in [5, 5.41) is 9.59. The van der Waals surface area contributed by atoms with Crippen LogP contribution in [0.15, 0.2) is 47.4 Å². The van der Waals surface area contributed by atoms with Gasteiger partial charge in [-0.15, -0.1) is 0 Å². The van der Waals surface area contributed by atoms with Crippen molar-refractivity contribution in [2.75, 3.05) is 6.61 Å². The second-order valence-corrected chi connectivity index (χ2v) is 4.52. The van der Waals surface area contributed by atoms with E-state index >= 15 is 0 Å². The lowest BCUT2D eigenvalue weighted by atomic mass is 10.4. The number of ether oxygens (including phenoxy) is 1. The molecule has 0 aromatic heterocycles. The summed E-state index contributed by atoms with van der Waals surface area (Å²) in [6.45, 7) is 4.99. The van der Waals surface area contributed by atoms with Crippen molar-refractivity contribution in [2.45, 2.75) is 17.3 Å². The van der Waals surface area contributed by atoms with E-state index in [1.807, 2.05) is 30.3 Å². The number of thioether (sulfide) groups is 1. The van der Waals surface area contributed by atoms with Gasteiger partial charge in [-0.2, -0.15) is 0 Å². The number of hydrogen-bond acceptors (Lipinski definition) is 4. The van der Waals surface area contributed by atoms with Gasteiger partial charge in [0.25, 0.3) is 0 Å². The summed E-state index contributed by atoms with van der Waals surface area (Å²) in [5.41, 5.74) is -0.428. The summed E-state index contributed by atoms with van der Waals surface area (Å²) < 4.78 is 4.83. The number of hydrogen-bond donors (Lipinski definition) is 1. The fourth-order valence-corrected chi connectivity index (χ4v) is 1.72. The van der Waals surface area contributed by atoms with Crippen molar-refractivity contribution < 1.29 is 14.6 Å². The fraction of sp³-hybridized carbons (Fsp3) is 0.250. The summed E-state index contributed by atoms with van der Waals surface area (Å²) in [4.78, 5) is 12.0. The minimum atomic E-state index is -0.759. The lowest BCUT2D eigenvalue weighted by molar-refractivity contribution is -0.140. The third kappa shape index (κ3) is 4.51. The zero-order valence-corrected chi connectivity index (χ0v) is 9.87. The molecule has 0 heterocycles. The SMILES string of the molecule is C=C(C)C(=O)OCC(O)Sc1ccccc1. The normalized spacial score (nSPS) is 11.9. The van der Waals surface area contributed by atoms with Crippen LogP contribution < -0.4 is 0 Å². The molecule has 4 heteroatoms. The Kier molecular flexibility index (Phi) is 5.08. The van der Waals surface area contributed by atoms with Gasteiger partial charge in [-0.1, -0.05) is 36.5 Å². The first kappa shape index (κ1) is 12.8. The first-order valence-electron chi connectivity index (χ1n) is 4.82. The molecule has 16 heavy (non-hydrogen) atoms. The van der Waals surface area contributed by atoms with Crippen LogP contribution in [0.1, 0.15) is 6.92 Å². The van der Waals surface area contributed by atoms with E-state index in [0.29, 0.717) is 5.57 Å². The largest absolute Gasteiger partial charge is 0.459 e. The molecule has 1 aromatic carbocycles. The molecule has 86 valence electrons. The summed E-state index contributed by atoms with van der Waals surface area (Å²) in [6.07, 6.45) is 0. The maximum atomic E-state index is 11.1. The van der Waals surface area contributed by atoms with Crippen molar-refractivity contribution in [3.63, 3.8) is 0 Å². The Hall–Kier alpha value is -1.26. The van der Waals surface area contributed by atoms with Gasteiger partial charge in [0, 0.05) is 10.5 Å². The predicted octanol–water partition coefficient (Wildman–Crippen LogP) is 2.22. The maximum Gasteiger partial charge on any atom is 0.333 e. The van der Waals surface area contributed by atoms with E-state index in [2.05, 4.69) is 6.58 Å². The lowest BCUT2D eigenvalue weighted by Gasteiger charge is -2.10. The Morgan fingerprint density at radius 2 is 2.12 bits per heavy atom. The van der Waals surface area contributed by atoms with Gasteiger partial charge >= 0.3 is 5.97 Å². The van der Waals surface area contributed by atoms with Gasteiger partial charge in [-0.05, 0) is 19.1 Å². The Labute approximate surface area is 99.1 Å². The van der Waals surface area contributed by atoms with Crippen LogP contribution in [-0.2, 0) is 9.53 Å². The van der Waals surface area contributed by atoms with Crippen LogP contribution in [0, 0.1) is 0 Å². The highest BCUT2D eigenvalue weighted by Crippen LogP contribution is 2.21. The molecule has 0 saturated heterocycles. The van der Waals surface area contributed by atoms with Gasteiger partial charge in [0.15, 0.2) is 0 Å². The first-order valence-corrected chi connectivity index (χ1v) is 5.70. The molecule has 0 aliphatic carbocycles. The Morgan fingerprint density at radius 1 is 1.50 bits per heavy atom. The number of aliphatic hydroxyl groups excluding tert-OH is 1. The van der Waals surface area contributed by atoms with Crippen LogP contribution in [0.3, 0.4) is 0 Å². The molecule has 1 atom stereocenters. The fourth-order valence-electron chi connectivity index (χ4n) is 0.960. The van der Waals surface area contributed by atoms with E-state index in [4.69, 9.17) is 4.74 Å².